The molecule has 2 heterocycles. The number of rotatable bonds is 5. The number of carboxylic acid groups (broad SMARTS) is 1. The van der Waals surface area contributed by atoms with Crippen molar-refractivity contribution in [2.45, 2.75) is 6.04 Å². The number of aromatic amines is 1. The SMILES string of the molecule is CN(C)C(=O)CN1CCN([C@H](C(=O)O)c2c[nH]c3ccc(Br)cc23)CC1. The molecule has 1 saturated heterocycles. The van der Waals surface area contributed by atoms with Gasteiger partial charge in [-0.25, -0.2) is 0 Å². The van der Waals surface area contributed by atoms with E-state index >= 15 is 0 Å². The van der Waals surface area contributed by atoms with Gasteiger partial charge < -0.3 is 15.0 Å². The lowest BCUT2D eigenvalue weighted by molar-refractivity contribution is -0.145. The molecule has 2 aromatic rings. The van der Waals surface area contributed by atoms with Gasteiger partial charge in [-0.3, -0.25) is 19.4 Å². The minimum atomic E-state index is -0.858. The number of hydrogen-bond acceptors (Lipinski definition) is 4. The Morgan fingerprint density at radius 2 is 1.96 bits per heavy atom. The van der Waals surface area contributed by atoms with E-state index in [1.165, 1.54) is 0 Å². The number of piperazine rings is 1. The molecule has 1 aliphatic rings. The predicted molar refractivity (Wildman–Crippen MR) is 103 cm³/mol. The van der Waals surface area contributed by atoms with Crippen molar-refractivity contribution in [2.24, 2.45) is 0 Å². The molecule has 1 aromatic carbocycles. The maximum absolute atomic E-state index is 12.0. The van der Waals surface area contributed by atoms with Crippen LogP contribution in [0.15, 0.2) is 28.9 Å². The number of aromatic nitrogens is 1. The molecule has 1 aromatic heterocycles. The summed E-state index contributed by atoms with van der Waals surface area (Å²) in [5.41, 5.74) is 1.69. The topological polar surface area (TPSA) is 79.9 Å². The molecule has 8 heteroatoms. The molecular formula is C18H23BrN4O3. The lowest BCUT2D eigenvalue weighted by Gasteiger charge is -2.37. The first kappa shape index (κ1) is 18.9. The summed E-state index contributed by atoms with van der Waals surface area (Å²) in [4.78, 5) is 32.7. The first-order chi connectivity index (χ1) is 12.4. The molecule has 3 rings (SSSR count). The highest BCUT2D eigenvalue weighted by Gasteiger charge is 2.32. The van der Waals surface area contributed by atoms with Crippen LogP contribution in [0, 0.1) is 0 Å². The van der Waals surface area contributed by atoms with E-state index in [1.807, 2.05) is 23.1 Å². The highest BCUT2D eigenvalue weighted by atomic mass is 79.9. The van der Waals surface area contributed by atoms with E-state index in [0.717, 1.165) is 20.9 Å². The normalized spacial score (nSPS) is 17.3. The lowest BCUT2D eigenvalue weighted by Crippen LogP contribution is -2.51. The van der Waals surface area contributed by atoms with Gasteiger partial charge in [0.1, 0.15) is 6.04 Å². The monoisotopic (exact) mass is 422 g/mol. The lowest BCUT2D eigenvalue weighted by atomic mass is 10.0. The number of nitrogens with zero attached hydrogens (tertiary/aromatic N) is 3. The van der Waals surface area contributed by atoms with Crippen molar-refractivity contribution < 1.29 is 14.7 Å². The van der Waals surface area contributed by atoms with Crippen molar-refractivity contribution in [3.05, 3.63) is 34.4 Å². The number of likely N-dealkylation sites (N-methyl/N-ethyl adjacent to an activating group) is 1. The van der Waals surface area contributed by atoms with Gasteiger partial charge in [0.2, 0.25) is 5.91 Å². The Balaban J connectivity index is 1.76. The highest BCUT2D eigenvalue weighted by molar-refractivity contribution is 9.10. The number of aliphatic carboxylic acids is 1. The molecule has 0 saturated carbocycles. The molecule has 1 fully saturated rings. The summed E-state index contributed by atoms with van der Waals surface area (Å²) in [6.07, 6.45) is 1.79. The molecule has 0 aliphatic carbocycles. The minimum Gasteiger partial charge on any atom is -0.480 e. The minimum absolute atomic E-state index is 0.0645. The zero-order valence-corrected chi connectivity index (χ0v) is 16.5. The first-order valence-electron chi connectivity index (χ1n) is 8.52. The summed E-state index contributed by atoms with van der Waals surface area (Å²) in [6.45, 7) is 2.94. The molecular weight excluding hydrogens is 400 g/mol. The van der Waals surface area contributed by atoms with Crippen LogP contribution in [0.5, 0.6) is 0 Å². The van der Waals surface area contributed by atoms with Crippen molar-refractivity contribution in [1.29, 1.82) is 0 Å². The number of carbonyl (C=O) groups is 2. The Labute approximate surface area is 160 Å². The number of benzene rings is 1. The van der Waals surface area contributed by atoms with E-state index < -0.39 is 12.0 Å². The van der Waals surface area contributed by atoms with Crippen molar-refractivity contribution in [3.63, 3.8) is 0 Å². The smallest absolute Gasteiger partial charge is 0.325 e. The number of nitrogens with one attached hydrogen (secondary N) is 1. The van der Waals surface area contributed by atoms with Gasteiger partial charge in [-0.2, -0.15) is 0 Å². The molecule has 1 aliphatic heterocycles. The van der Waals surface area contributed by atoms with Gasteiger partial charge in [0.25, 0.3) is 0 Å². The third kappa shape index (κ3) is 3.92. The summed E-state index contributed by atoms with van der Waals surface area (Å²) in [5, 5.41) is 10.8. The maximum Gasteiger partial charge on any atom is 0.325 e. The average Bonchev–Trinajstić information content (AvgIpc) is 2.99. The quantitative estimate of drug-likeness (QED) is 0.767. The van der Waals surface area contributed by atoms with Crippen molar-refractivity contribution in [3.8, 4) is 0 Å². The number of halogens is 1. The van der Waals surface area contributed by atoms with E-state index in [9.17, 15) is 14.7 Å². The van der Waals surface area contributed by atoms with Crippen LogP contribution < -0.4 is 0 Å². The van der Waals surface area contributed by atoms with Crippen LogP contribution in [0.1, 0.15) is 11.6 Å². The second-order valence-electron chi connectivity index (χ2n) is 6.77. The molecule has 0 radical (unpaired) electrons. The van der Waals surface area contributed by atoms with Crippen LogP contribution in [0.4, 0.5) is 0 Å². The molecule has 1 amide bonds. The largest absolute Gasteiger partial charge is 0.480 e. The number of fused-ring (bicyclic) bond motifs is 1. The van der Waals surface area contributed by atoms with Crippen molar-refractivity contribution in [1.82, 2.24) is 19.7 Å². The molecule has 0 unspecified atom stereocenters. The van der Waals surface area contributed by atoms with Gasteiger partial charge in [-0.15, -0.1) is 0 Å². The number of hydrogen-bond donors (Lipinski definition) is 2. The van der Waals surface area contributed by atoms with Crippen LogP contribution >= 0.6 is 15.9 Å². The van der Waals surface area contributed by atoms with Gasteiger partial charge in [0.05, 0.1) is 6.54 Å². The molecule has 0 spiro atoms. The molecule has 2 N–H and O–H groups in total. The summed E-state index contributed by atoms with van der Waals surface area (Å²) in [7, 11) is 3.49. The summed E-state index contributed by atoms with van der Waals surface area (Å²) >= 11 is 3.46. The second kappa shape index (κ2) is 7.77. The number of amides is 1. The van der Waals surface area contributed by atoms with E-state index in [-0.39, 0.29) is 5.91 Å². The van der Waals surface area contributed by atoms with Gasteiger partial charge >= 0.3 is 5.97 Å². The fourth-order valence-electron chi connectivity index (χ4n) is 3.34. The number of carboxylic acids is 1. The van der Waals surface area contributed by atoms with Crippen LogP contribution in [0.25, 0.3) is 10.9 Å². The van der Waals surface area contributed by atoms with Crippen molar-refractivity contribution >= 4 is 38.7 Å². The van der Waals surface area contributed by atoms with E-state index in [1.54, 1.807) is 25.2 Å². The Bertz CT molecular complexity index is 812. The zero-order valence-electron chi connectivity index (χ0n) is 14.9. The van der Waals surface area contributed by atoms with Gasteiger partial charge in [0.15, 0.2) is 0 Å². The van der Waals surface area contributed by atoms with E-state index in [4.69, 9.17) is 0 Å². The van der Waals surface area contributed by atoms with Crippen LogP contribution in [0.3, 0.4) is 0 Å². The van der Waals surface area contributed by atoms with Gasteiger partial charge in [0, 0.05) is 67.4 Å². The highest BCUT2D eigenvalue weighted by Crippen LogP contribution is 2.31. The Morgan fingerprint density at radius 3 is 2.58 bits per heavy atom. The molecule has 140 valence electrons. The number of carbonyl (C=O) groups excluding carboxylic acids is 1. The second-order valence-corrected chi connectivity index (χ2v) is 7.69. The fraction of sp³-hybridized carbons (Fsp3) is 0.444. The van der Waals surface area contributed by atoms with E-state index in [2.05, 4.69) is 25.8 Å². The van der Waals surface area contributed by atoms with Gasteiger partial charge in [-0.1, -0.05) is 15.9 Å². The Morgan fingerprint density at radius 1 is 1.27 bits per heavy atom. The molecule has 7 nitrogen and oxygen atoms in total. The van der Waals surface area contributed by atoms with Gasteiger partial charge in [-0.05, 0) is 18.2 Å². The third-order valence-electron chi connectivity index (χ3n) is 4.83. The predicted octanol–water partition coefficient (Wildman–Crippen LogP) is 1.76. The maximum atomic E-state index is 12.0. The molecule has 1 atom stereocenters. The van der Waals surface area contributed by atoms with Crippen LogP contribution in [0.2, 0.25) is 0 Å². The summed E-state index contributed by atoms with van der Waals surface area (Å²) in [5.74, 6) is -0.793. The first-order valence-corrected chi connectivity index (χ1v) is 9.32. The molecule has 26 heavy (non-hydrogen) atoms. The third-order valence-corrected chi connectivity index (χ3v) is 5.33. The van der Waals surface area contributed by atoms with Crippen molar-refractivity contribution in [2.75, 3.05) is 46.8 Å². The molecule has 0 bridgehead atoms. The number of H-pyrrole nitrogens is 1. The van der Waals surface area contributed by atoms with E-state index in [0.29, 0.717) is 32.7 Å². The standard InChI is InChI=1S/C18H23BrN4O3/c1-21(2)16(24)11-22-5-7-23(8-6-22)17(18(25)26)14-10-20-15-4-3-12(19)9-13(14)15/h3-4,9-10,17,20H,5-8,11H2,1-2H3,(H,25,26)/t17-/m0/s1. The fourth-order valence-corrected chi connectivity index (χ4v) is 3.70. The van der Waals surface area contributed by atoms with Crippen LogP contribution in [-0.4, -0.2) is 83.5 Å². The van der Waals surface area contributed by atoms with Crippen LogP contribution in [-0.2, 0) is 9.59 Å². The zero-order chi connectivity index (χ0) is 18.8. The summed E-state index contributed by atoms with van der Waals surface area (Å²) in [6, 6.07) is 5.11. The average molecular weight is 423 g/mol. The summed E-state index contributed by atoms with van der Waals surface area (Å²) < 4.78 is 0.919. The Hall–Kier alpha value is -1.90. The Kier molecular flexibility index (Phi) is 5.64.